The van der Waals surface area contributed by atoms with Crippen LogP contribution in [0.3, 0.4) is 0 Å². The largest absolute Gasteiger partial charge is 0.399 e. The number of rotatable bonds is 2. The number of nitrogens with two attached hydrogens (primary N) is 1. The lowest BCUT2D eigenvalue weighted by atomic mass is 9.87. The van der Waals surface area contributed by atoms with Crippen LogP contribution in [0.4, 0.5) is 17.1 Å². The molecule has 3 aromatic rings. The second-order valence-electron chi connectivity index (χ2n) is 6.09. The Morgan fingerprint density at radius 2 is 1.69 bits per heavy atom. The first-order valence-corrected chi connectivity index (χ1v) is 8.66. The first-order valence-electron chi connectivity index (χ1n) is 7.90. The van der Waals surface area contributed by atoms with Gasteiger partial charge in [-0.15, -0.1) is 0 Å². The fourth-order valence-electron chi connectivity index (χ4n) is 3.28. The van der Waals surface area contributed by atoms with Crippen molar-refractivity contribution in [3.05, 3.63) is 87.9 Å². The molecule has 1 amide bonds. The minimum absolute atomic E-state index is 0.269. The Bertz CT molecular complexity index is 1040. The summed E-state index contributed by atoms with van der Waals surface area (Å²) in [5.74, 6) is -0.498. The molecule has 0 spiro atoms. The van der Waals surface area contributed by atoms with E-state index in [4.69, 9.17) is 28.9 Å². The third kappa shape index (κ3) is 2.38. The summed E-state index contributed by atoms with van der Waals surface area (Å²) in [6.07, 6.45) is 0. The number of carbonyl (C=O) groups is 1. The maximum Gasteiger partial charge on any atom is 0.273 e. The SMILES string of the molecule is Nc1cccc(N2C(=O)C(O)(c3ccc(Cl)c(Cl)c3)c3ccccc32)c1. The van der Waals surface area contributed by atoms with Crippen LogP contribution in [0.25, 0.3) is 0 Å². The molecule has 1 unspecified atom stereocenters. The van der Waals surface area contributed by atoms with Crippen LogP contribution >= 0.6 is 23.2 Å². The van der Waals surface area contributed by atoms with Gasteiger partial charge in [-0.2, -0.15) is 0 Å². The Labute approximate surface area is 160 Å². The molecule has 1 atom stereocenters. The molecule has 0 bridgehead atoms. The van der Waals surface area contributed by atoms with Gasteiger partial charge >= 0.3 is 0 Å². The van der Waals surface area contributed by atoms with Crippen LogP contribution < -0.4 is 10.6 Å². The van der Waals surface area contributed by atoms with Crippen molar-refractivity contribution < 1.29 is 9.90 Å². The van der Waals surface area contributed by atoms with Crippen molar-refractivity contribution in [1.29, 1.82) is 0 Å². The van der Waals surface area contributed by atoms with Crippen LogP contribution in [0.1, 0.15) is 11.1 Å². The van der Waals surface area contributed by atoms with Crippen molar-refractivity contribution in [3.8, 4) is 0 Å². The average Bonchev–Trinajstić information content (AvgIpc) is 2.86. The Morgan fingerprint density at radius 3 is 2.42 bits per heavy atom. The Hall–Kier alpha value is -2.53. The zero-order valence-electron chi connectivity index (χ0n) is 13.5. The van der Waals surface area contributed by atoms with Crippen molar-refractivity contribution >= 4 is 46.2 Å². The summed E-state index contributed by atoms with van der Waals surface area (Å²) in [6, 6.07) is 18.7. The summed E-state index contributed by atoms with van der Waals surface area (Å²) in [5, 5.41) is 12.1. The molecule has 4 rings (SSSR count). The quantitative estimate of drug-likeness (QED) is 0.639. The number of halogens is 2. The van der Waals surface area contributed by atoms with Gasteiger partial charge in [0.05, 0.1) is 21.4 Å². The van der Waals surface area contributed by atoms with Crippen molar-refractivity contribution in [2.45, 2.75) is 5.60 Å². The predicted octanol–water partition coefficient (Wildman–Crippen LogP) is 4.49. The molecule has 26 heavy (non-hydrogen) atoms. The number of nitrogen functional groups attached to an aromatic ring is 1. The van der Waals surface area contributed by atoms with Gasteiger partial charge in [-0.05, 0) is 42.0 Å². The fraction of sp³-hybridized carbons (Fsp3) is 0.0500. The molecule has 0 saturated heterocycles. The average molecular weight is 385 g/mol. The van der Waals surface area contributed by atoms with Gasteiger partial charge in [0.2, 0.25) is 0 Å². The van der Waals surface area contributed by atoms with E-state index in [1.54, 1.807) is 54.6 Å². The van der Waals surface area contributed by atoms with Gasteiger partial charge in [-0.1, -0.05) is 53.5 Å². The molecule has 0 aromatic heterocycles. The lowest BCUT2D eigenvalue weighted by Crippen LogP contribution is -2.39. The van der Waals surface area contributed by atoms with E-state index in [-0.39, 0.29) is 5.02 Å². The van der Waals surface area contributed by atoms with E-state index in [9.17, 15) is 9.90 Å². The Balaban J connectivity index is 1.95. The van der Waals surface area contributed by atoms with Gasteiger partial charge in [0.1, 0.15) is 0 Å². The molecule has 0 aliphatic carbocycles. The first kappa shape index (κ1) is 16.9. The number of aliphatic hydroxyl groups is 1. The monoisotopic (exact) mass is 384 g/mol. The number of fused-ring (bicyclic) bond motifs is 1. The van der Waals surface area contributed by atoms with Gasteiger partial charge in [0.15, 0.2) is 5.60 Å². The zero-order chi connectivity index (χ0) is 18.5. The molecule has 4 nitrogen and oxygen atoms in total. The van der Waals surface area contributed by atoms with E-state index in [0.717, 1.165) is 0 Å². The third-order valence-corrected chi connectivity index (χ3v) is 5.25. The van der Waals surface area contributed by atoms with E-state index >= 15 is 0 Å². The van der Waals surface area contributed by atoms with E-state index < -0.39 is 11.5 Å². The van der Waals surface area contributed by atoms with Crippen molar-refractivity contribution in [2.75, 3.05) is 10.6 Å². The standard InChI is InChI=1S/C20H14Cl2N2O2/c21-16-9-8-12(10-17(16)22)20(26)15-6-1-2-7-18(15)24(19(20)25)14-5-3-4-13(23)11-14/h1-11,26H,23H2. The number of hydrogen-bond donors (Lipinski definition) is 2. The molecule has 130 valence electrons. The van der Waals surface area contributed by atoms with Gasteiger partial charge < -0.3 is 10.8 Å². The molecular formula is C20H14Cl2N2O2. The number of benzene rings is 3. The number of carbonyl (C=O) groups excluding carboxylic acids is 1. The molecule has 1 heterocycles. The summed E-state index contributed by atoms with van der Waals surface area (Å²) in [5.41, 5.74) is 6.55. The molecule has 1 aliphatic heterocycles. The van der Waals surface area contributed by atoms with Crippen molar-refractivity contribution in [3.63, 3.8) is 0 Å². The number of amides is 1. The number of nitrogens with zero attached hydrogens (tertiary/aromatic N) is 1. The highest BCUT2D eigenvalue weighted by atomic mass is 35.5. The second-order valence-corrected chi connectivity index (χ2v) is 6.91. The van der Waals surface area contributed by atoms with Crippen LogP contribution in [0, 0.1) is 0 Å². The van der Waals surface area contributed by atoms with Gasteiger partial charge in [0, 0.05) is 11.3 Å². The molecule has 0 fully saturated rings. The molecule has 0 radical (unpaired) electrons. The second kappa shape index (κ2) is 6.02. The summed E-state index contributed by atoms with van der Waals surface area (Å²) >= 11 is 12.1. The number of hydrogen-bond acceptors (Lipinski definition) is 3. The lowest BCUT2D eigenvalue weighted by Gasteiger charge is -2.24. The fourth-order valence-corrected chi connectivity index (χ4v) is 3.58. The highest BCUT2D eigenvalue weighted by molar-refractivity contribution is 6.42. The predicted molar refractivity (Wildman–Crippen MR) is 104 cm³/mol. The minimum atomic E-state index is -1.87. The maximum absolute atomic E-state index is 13.4. The molecule has 6 heteroatoms. The molecule has 3 N–H and O–H groups in total. The third-order valence-electron chi connectivity index (χ3n) is 4.51. The maximum atomic E-state index is 13.4. The topological polar surface area (TPSA) is 66.6 Å². The van der Waals surface area contributed by atoms with E-state index in [0.29, 0.717) is 33.2 Å². The number of anilines is 3. The molecule has 0 saturated carbocycles. The van der Waals surface area contributed by atoms with E-state index in [1.165, 1.54) is 11.0 Å². The van der Waals surface area contributed by atoms with Crippen LogP contribution in [0.15, 0.2) is 66.7 Å². The van der Waals surface area contributed by atoms with Crippen LogP contribution in [-0.4, -0.2) is 11.0 Å². The zero-order valence-corrected chi connectivity index (χ0v) is 15.0. The first-order chi connectivity index (χ1) is 12.4. The van der Waals surface area contributed by atoms with E-state index in [1.807, 2.05) is 6.07 Å². The van der Waals surface area contributed by atoms with Gasteiger partial charge in [0.25, 0.3) is 5.91 Å². The van der Waals surface area contributed by atoms with Crippen molar-refractivity contribution in [2.24, 2.45) is 0 Å². The summed E-state index contributed by atoms with van der Waals surface area (Å²) in [7, 11) is 0. The van der Waals surface area contributed by atoms with Crippen LogP contribution in [0.5, 0.6) is 0 Å². The smallest absolute Gasteiger partial charge is 0.273 e. The van der Waals surface area contributed by atoms with Crippen LogP contribution in [-0.2, 0) is 10.4 Å². The minimum Gasteiger partial charge on any atom is -0.399 e. The molecule has 1 aliphatic rings. The lowest BCUT2D eigenvalue weighted by molar-refractivity contribution is -0.131. The van der Waals surface area contributed by atoms with Gasteiger partial charge in [-0.25, -0.2) is 0 Å². The Kier molecular flexibility index (Phi) is 3.92. The van der Waals surface area contributed by atoms with Crippen molar-refractivity contribution in [1.82, 2.24) is 0 Å². The molecule has 3 aromatic carbocycles. The Morgan fingerprint density at radius 1 is 0.923 bits per heavy atom. The summed E-state index contributed by atoms with van der Waals surface area (Å²) in [6.45, 7) is 0. The summed E-state index contributed by atoms with van der Waals surface area (Å²) < 4.78 is 0. The normalized spacial score (nSPS) is 18.9. The van der Waals surface area contributed by atoms with Gasteiger partial charge in [-0.3, -0.25) is 9.69 Å². The summed E-state index contributed by atoms with van der Waals surface area (Å²) in [4.78, 5) is 14.8. The number of para-hydroxylation sites is 1. The highest BCUT2D eigenvalue weighted by Crippen LogP contribution is 2.48. The highest BCUT2D eigenvalue weighted by Gasteiger charge is 2.51. The van der Waals surface area contributed by atoms with E-state index in [2.05, 4.69) is 0 Å². The molecular weight excluding hydrogens is 371 g/mol. The van der Waals surface area contributed by atoms with Crippen LogP contribution in [0.2, 0.25) is 10.0 Å².